The minimum atomic E-state index is -0.0919. The Bertz CT molecular complexity index is 1120. The number of ether oxygens (including phenoxy) is 1. The van der Waals surface area contributed by atoms with Crippen molar-refractivity contribution < 1.29 is 9.15 Å². The molecule has 0 spiro atoms. The molecule has 1 aliphatic rings. The number of furan rings is 1. The van der Waals surface area contributed by atoms with E-state index in [0.29, 0.717) is 0 Å². The fourth-order valence-corrected chi connectivity index (χ4v) is 4.30. The zero-order chi connectivity index (χ0) is 16.5. The van der Waals surface area contributed by atoms with E-state index in [1.165, 1.54) is 33.0 Å². The van der Waals surface area contributed by atoms with Gasteiger partial charge in [-0.05, 0) is 22.8 Å². The smallest absolute Gasteiger partial charge is 0.139 e. The molecule has 0 amide bonds. The van der Waals surface area contributed by atoms with E-state index in [0.717, 1.165) is 16.9 Å². The van der Waals surface area contributed by atoms with Crippen LogP contribution in [-0.2, 0) is 5.41 Å². The average molecular weight is 314 g/mol. The van der Waals surface area contributed by atoms with Gasteiger partial charge in [0.2, 0.25) is 0 Å². The average Bonchev–Trinajstić information content (AvgIpc) is 3.08. The topological polar surface area (TPSA) is 22.4 Å². The number of methoxy groups -OCH3 is 1. The number of para-hydroxylation sites is 1. The lowest BCUT2D eigenvalue weighted by Crippen LogP contribution is -2.15. The summed E-state index contributed by atoms with van der Waals surface area (Å²) in [5, 5.41) is 2.38. The van der Waals surface area contributed by atoms with Crippen molar-refractivity contribution in [3.63, 3.8) is 0 Å². The van der Waals surface area contributed by atoms with Crippen molar-refractivity contribution in [2.45, 2.75) is 19.3 Å². The Labute approximate surface area is 140 Å². The number of fused-ring (bicyclic) bond motifs is 7. The maximum Gasteiger partial charge on any atom is 0.139 e. The lowest BCUT2D eigenvalue weighted by Gasteiger charge is -2.22. The molecule has 0 aliphatic heterocycles. The molecule has 5 rings (SSSR count). The molecule has 0 fully saturated rings. The van der Waals surface area contributed by atoms with Crippen LogP contribution in [0.1, 0.15) is 25.0 Å². The van der Waals surface area contributed by atoms with Gasteiger partial charge in [0.15, 0.2) is 0 Å². The molecular weight excluding hydrogens is 296 g/mol. The van der Waals surface area contributed by atoms with Crippen LogP contribution in [-0.4, -0.2) is 7.11 Å². The maximum atomic E-state index is 6.13. The van der Waals surface area contributed by atoms with Crippen LogP contribution < -0.4 is 4.74 Å². The first-order chi connectivity index (χ1) is 11.6. The molecule has 2 nitrogen and oxygen atoms in total. The Morgan fingerprint density at radius 1 is 0.917 bits per heavy atom. The Hall–Kier alpha value is -2.74. The summed E-state index contributed by atoms with van der Waals surface area (Å²) in [6, 6.07) is 18.9. The Morgan fingerprint density at radius 2 is 1.67 bits per heavy atom. The molecule has 0 radical (unpaired) electrons. The van der Waals surface area contributed by atoms with Crippen LogP contribution in [0.4, 0.5) is 0 Å². The quantitative estimate of drug-likeness (QED) is 0.436. The van der Waals surface area contributed by atoms with E-state index in [9.17, 15) is 0 Å². The zero-order valence-electron chi connectivity index (χ0n) is 14.0. The maximum absolute atomic E-state index is 6.13. The molecule has 4 aromatic rings. The van der Waals surface area contributed by atoms with Crippen LogP contribution in [0.25, 0.3) is 33.1 Å². The molecule has 0 saturated carbocycles. The van der Waals surface area contributed by atoms with Gasteiger partial charge in [-0.15, -0.1) is 0 Å². The van der Waals surface area contributed by atoms with Gasteiger partial charge in [-0.1, -0.05) is 56.3 Å². The summed E-state index contributed by atoms with van der Waals surface area (Å²) < 4.78 is 11.9. The van der Waals surface area contributed by atoms with Gasteiger partial charge in [0.1, 0.15) is 16.9 Å². The third kappa shape index (κ3) is 1.51. The van der Waals surface area contributed by atoms with E-state index < -0.39 is 0 Å². The predicted octanol–water partition coefficient (Wildman–Crippen LogP) is 5.90. The Morgan fingerprint density at radius 3 is 2.50 bits per heavy atom. The highest BCUT2D eigenvalue weighted by Crippen LogP contribution is 2.56. The van der Waals surface area contributed by atoms with E-state index in [2.05, 4.69) is 50.2 Å². The number of rotatable bonds is 1. The monoisotopic (exact) mass is 314 g/mol. The molecule has 0 saturated heterocycles. The number of hydrogen-bond acceptors (Lipinski definition) is 2. The Kier molecular flexibility index (Phi) is 2.52. The van der Waals surface area contributed by atoms with Gasteiger partial charge >= 0.3 is 0 Å². The highest BCUT2D eigenvalue weighted by molar-refractivity contribution is 6.12. The molecule has 118 valence electrons. The highest BCUT2D eigenvalue weighted by Gasteiger charge is 2.40. The van der Waals surface area contributed by atoms with Crippen LogP contribution in [0.3, 0.4) is 0 Å². The normalized spacial score (nSPS) is 14.8. The van der Waals surface area contributed by atoms with Crippen LogP contribution in [0.5, 0.6) is 5.75 Å². The van der Waals surface area contributed by atoms with E-state index >= 15 is 0 Å². The predicted molar refractivity (Wildman–Crippen MR) is 97.8 cm³/mol. The molecule has 0 N–H and O–H groups in total. The van der Waals surface area contributed by atoms with Crippen LogP contribution in [0, 0.1) is 0 Å². The van der Waals surface area contributed by atoms with Crippen molar-refractivity contribution in [1.29, 1.82) is 0 Å². The third-order valence-electron chi connectivity index (χ3n) is 5.35. The molecule has 1 aromatic heterocycles. The second-order valence-electron chi connectivity index (χ2n) is 6.97. The first kappa shape index (κ1) is 13.7. The second kappa shape index (κ2) is 4.41. The SMILES string of the molecule is COc1cc2oc3ccccc3c2c2c1-c1ccccc1C2(C)C. The zero-order valence-corrected chi connectivity index (χ0v) is 14.0. The van der Waals surface area contributed by atoms with Gasteiger partial charge in [0, 0.05) is 27.8 Å². The molecular formula is C22H18O2. The molecule has 3 aromatic carbocycles. The van der Waals surface area contributed by atoms with Gasteiger partial charge in [-0.25, -0.2) is 0 Å². The van der Waals surface area contributed by atoms with Crippen molar-refractivity contribution in [2.24, 2.45) is 0 Å². The van der Waals surface area contributed by atoms with Crippen molar-refractivity contribution in [3.05, 3.63) is 65.7 Å². The highest BCUT2D eigenvalue weighted by atomic mass is 16.5. The summed E-state index contributed by atoms with van der Waals surface area (Å²) in [5.74, 6) is 0.884. The molecule has 2 heteroatoms. The van der Waals surface area contributed by atoms with Gasteiger partial charge in [-0.3, -0.25) is 0 Å². The standard InChI is InChI=1S/C22H18O2/c1-22(2)15-10-6-4-8-13(15)19-17(23-3)12-18-20(21(19)22)14-9-5-7-11-16(14)24-18/h4-12H,1-3H3. The first-order valence-corrected chi connectivity index (χ1v) is 8.25. The van der Waals surface area contributed by atoms with Crippen molar-refractivity contribution in [2.75, 3.05) is 7.11 Å². The largest absolute Gasteiger partial charge is 0.496 e. The first-order valence-electron chi connectivity index (χ1n) is 8.25. The second-order valence-corrected chi connectivity index (χ2v) is 6.97. The van der Waals surface area contributed by atoms with Gasteiger partial charge < -0.3 is 9.15 Å². The van der Waals surface area contributed by atoms with Crippen LogP contribution >= 0.6 is 0 Å². The van der Waals surface area contributed by atoms with Crippen molar-refractivity contribution in [3.8, 4) is 16.9 Å². The summed E-state index contributed by atoms with van der Waals surface area (Å²) in [7, 11) is 1.73. The molecule has 24 heavy (non-hydrogen) atoms. The summed E-state index contributed by atoms with van der Waals surface area (Å²) in [6.45, 7) is 4.58. The molecule has 1 aliphatic carbocycles. The van der Waals surface area contributed by atoms with Crippen LogP contribution in [0.15, 0.2) is 59.0 Å². The van der Waals surface area contributed by atoms with Gasteiger partial charge in [0.25, 0.3) is 0 Å². The number of benzene rings is 3. The summed E-state index contributed by atoms with van der Waals surface area (Å²) >= 11 is 0. The van der Waals surface area contributed by atoms with Gasteiger partial charge in [-0.2, -0.15) is 0 Å². The number of hydrogen-bond donors (Lipinski definition) is 0. The fraction of sp³-hybridized carbons (Fsp3) is 0.182. The summed E-state index contributed by atoms with van der Waals surface area (Å²) in [4.78, 5) is 0. The molecule has 1 heterocycles. The summed E-state index contributed by atoms with van der Waals surface area (Å²) in [5.41, 5.74) is 6.85. The lowest BCUT2D eigenvalue weighted by molar-refractivity contribution is 0.416. The molecule has 0 atom stereocenters. The minimum Gasteiger partial charge on any atom is -0.496 e. The van der Waals surface area contributed by atoms with Crippen molar-refractivity contribution in [1.82, 2.24) is 0 Å². The summed E-state index contributed by atoms with van der Waals surface area (Å²) in [6.07, 6.45) is 0. The van der Waals surface area contributed by atoms with Crippen molar-refractivity contribution >= 4 is 21.9 Å². The van der Waals surface area contributed by atoms with Gasteiger partial charge in [0.05, 0.1) is 7.11 Å². The van der Waals surface area contributed by atoms with Crippen LogP contribution in [0.2, 0.25) is 0 Å². The third-order valence-corrected chi connectivity index (χ3v) is 5.35. The van der Waals surface area contributed by atoms with E-state index in [4.69, 9.17) is 9.15 Å². The van der Waals surface area contributed by atoms with E-state index in [-0.39, 0.29) is 5.41 Å². The molecule has 0 unspecified atom stereocenters. The lowest BCUT2D eigenvalue weighted by atomic mass is 9.80. The van der Waals surface area contributed by atoms with E-state index in [1.807, 2.05) is 18.2 Å². The van der Waals surface area contributed by atoms with E-state index in [1.54, 1.807) is 7.11 Å². The Balaban J connectivity index is 2.06. The molecule has 0 bridgehead atoms. The minimum absolute atomic E-state index is 0.0919. The fourth-order valence-electron chi connectivity index (χ4n) is 4.30.